The van der Waals surface area contributed by atoms with Crippen molar-refractivity contribution in [3.8, 4) is 0 Å². The average Bonchev–Trinajstić information content (AvgIpc) is 2.88. The highest BCUT2D eigenvalue weighted by Gasteiger charge is 2.35. The van der Waals surface area contributed by atoms with E-state index in [2.05, 4.69) is 34.6 Å². The molecule has 2 aliphatic carbocycles. The summed E-state index contributed by atoms with van der Waals surface area (Å²) in [4.78, 5) is 4.47. The molecule has 1 fully saturated rings. The molecule has 1 aromatic heterocycles. The average molecular weight is 214 g/mol. The van der Waals surface area contributed by atoms with Crippen LogP contribution >= 0.6 is 0 Å². The first kappa shape index (κ1) is 9.88. The minimum Gasteiger partial charge on any atom is -0.370 e. The summed E-state index contributed by atoms with van der Waals surface area (Å²) in [5, 5.41) is 3.47. The fraction of sp³-hybridized carbons (Fsp3) is 0.500. The van der Waals surface area contributed by atoms with E-state index in [-0.39, 0.29) is 0 Å². The van der Waals surface area contributed by atoms with Crippen LogP contribution in [0.2, 0.25) is 0 Å². The van der Waals surface area contributed by atoms with Gasteiger partial charge in [-0.1, -0.05) is 18.2 Å². The fourth-order valence-corrected chi connectivity index (χ4v) is 3.01. The van der Waals surface area contributed by atoms with Crippen molar-refractivity contribution in [3.63, 3.8) is 0 Å². The molecule has 1 aromatic rings. The molecule has 2 nitrogen and oxygen atoms in total. The maximum absolute atomic E-state index is 4.47. The number of hydrogen-bond donors (Lipinski definition) is 1. The van der Waals surface area contributed by atoms with Gasteiger partial charge in [-0.25, -0.2) is 4.98 Å². The first-order chi connectivity index (χ1) is 7.81. The van der Waals surface area contributed by atoms with Crippen LogP contribution < -0.4 is 5.32 Å². The smallest absolute Gasteiger partial charge is 0.126 e. The number of fused-ring (bicyclic) bond motifs is 2. The van der Waals surface area contributed by atoms with Crippen LogP contribution in [0.1, 0.15) is 18.5 Å². The number of anilines is 1. The van der Waals surface area contributed by atoms with Gasteiger partial charge >= 0.3 is 0 Å². The van der Waals surface area contributed by atoms with E-state index in [0.717, 1.165) is 35.8 Å². The minimum atomic E-state index is 0.817. The van der Waals surface area contributed by atoms with Crippen molar-refractivity contribution in [2.45, 2.75) is 19.8 Å². The molecule has 84 valence electrons. The van der Waals surface area contributed by atoms with Gasteiger partial charge in [0.15, 0.2) is 0 Å². The number of aromatic nitrogens is 1. The topological polar surface area (TPSA) is 24.9 Å². The number of rotatable bonds is 3. The van der Waals surface area contributed by atoms with Crippen LogP contribution in [0.4, 0.5) is 5.82 Å². The zero-order valence-electron chi connectivity index (χ0n) is 9.69. The molecule has 0 spiro atoms. The number of pyridine rings is 1. The van der Waals surface area contributed by atoms with E-state index in [1.165, 1.54) is 12.8 Å². The zero-order chi connectivity index (χ0) is 11.0. The Labute approximate surface area is 96.8 Å². The summed E-state index contributed by atoms with van der Waals surface area (Å²) in [6, 6.07) is 6.15. The maximum atomic E-state index is 4.47. The van der Waals surface area contributed by atoms with E-state index in [1.807, 2.05) is 13.0 Å². The molecule has 2 heteroatoms. The molecule has 0 saturated heterocycles. The highest BCUT2D eigenvalue weighted by Crippen LogP contribution is 2.43. The molecule has 0 amide bonds. The summed E-state index contributed by atoms with van der Waals surface area (Å²) in [5.41, 5.74) is 1.08. The van der Waals surface area contributed by atoms with Gasteiger partial charge in [-0.05, 0) is 49.7 Å². The van der Waals surface area contributed by atoms with Crippen LogP contribution in [0.5, 0.6) is 0 Å². The van der Waals surface area contributed by atoms with E-state index in [0.29, 0.717) is 0 Å². The Bertz CT molecular complexity index is 411. The minimum absolute atomic E-state index is 0.817. The Morgan fingerprint density at radius 3 is 2.94 bits per heavy atom. The normalized spacial score (nSPS) is 30.9. The van der Waals surface area contributed by atoms with Crippen LogP contribution in [-0.2, 0) is 0 Å². The lowest BCUT2D eigenvalue weighted by atomic mass is 9.94. The third kappa shape index (κ3) is 1.84. The lowest BCUT2D eigenvalue weighted by molar-refractivity contribution is 0.471. The second kappa shape index (κ2) is 3.93. The van der Waals surface area contributed by atoms with Crippen molar-refractivity contribution in [1.82, 2.24) is 4.98 Å². The monoisotopic (exact) mass is 214 g/mol. The molecule has 16 heavy (non-hydrogen) atoms. The standard InChI is InChI=1S/C14H18N2/c1-10-3-2-4-14(16-10)15-9-13-8-11-5-6-12(13)7-11/h2-6,11-13H,7-9H2,1H3,(H,15,16). The van der Waals surface area contributed by atoms with Crippen LogP contribution in [-0.4, -0.2) is 11.5 Å². The number of nitrogens with one attached hydrogen (secondary N) is 1. The van der Waals surface area contributed by atoms with Gasteiger partial charge in [0.2, 0.25) is 0 Å². The Hall–Kier alpha value is -1.31. The number of allylic oxidation sites excluding steroid dienone is 2. The van der Waals surface area contributed by atoms with Gasteiger partial charge in [0.1, 0.15) is 5.82 Å². The molecule has 1 saturated carbocycles. The zero-order valence-corrected chi connectivity index (χ0v) is 9.69. The van der Waals surface area contributed by atoms with Gasteiger partial charge in [0.25, 0.3) is 0 Å². The van der Waals surface area contributed by atoms with Crippen molar-refractivity contribution >= 4 is 5.82 Å². The molecular weight excluding hydrogens is 196 g/mol. The first-order valence-electron chi connectivity index (χ1n) is 6.17. The number of hydrogen-bond acceptors (Lipinski definition) is 2. The summed E-state index contributed by atoms with van der Waals surface area (Å²) in [6.45, 7) is 3.10. The quantitative estimate of drug-likeness (QED) is 0.782. The van der Waals surface area contributed by atoms with E-state index in [4.69, 9.17) is 0 Å². The van der Waals surface area contributed by atoms with E-state index in [9.17, 15) is 0 Å². The van der Waals surface area contributed by atoms with Crippen LogP contribution in [0, 0.1) is 24.7 Å². The second-order valence-corrected chi connectivity index (χ2v) is 5.09. The molecule has 3 atom stereocenters. The van der Waals surface area contributed by atoms with Gasteiger partial charge in [0.05, 0.1) is 0 Å². The molecule has 0 radical (unpaired) electrons. The van der Waals surface area contributed by atoms with Gasteiger partial charge in [-0.2, -0.15) is 0 Å². The van der Waals surface area contributed by atoms with E-state index < -0.39 is 0 Å². The van der Waals surface area contributed by atoms with E-state index in [1.54, 1.807) is 0 Å². The van der Waals surface area contributed by atoms with Crippen molar-refractivity contribution in [2.75, 3.05) is 11.9 Å². The Kier molecular flexibility index (Phi) is 2.43. The van der Waals surface area contributed by atoms with Crippen LogP contribution in [0.25, 0.3) is 0 Å². The predicted molar refractivity (Wildman–Crippen MR) is 66.3 cm³/mol. The number of nitrogens with zero attached hydrogens (tertiary/aromatic N) is 1. The molecule has 0 aromatic carbocycles. The van der Waals surface area contributed by atoms with Crippen LogP contribution in [0.15, 0.2) is 30.4 Å². The highest BCUT2D eigenvalue weighted by molar-refractivity contribution is 5.35. The van der Waals surface area contributed by atoms with Gasteiger partial charge in [0, 0.05) is 12.2 Å². The van der Waals surface area contributed by atoms with Crippen molar-refractivity contribution < 1.29 is 0 Å². The Morgan fingerprint density at radius 2 is 2.25 bits per heavy atom. The summed E-state index contributed by atoms with van der Waals surface area (Å²) < 4.78 is 0. The summed E-state index contributed by atoms with van der Waals surface area (Å²) in [7, 11) is 0. The molecule has 3 rings (SSSR count). The third-order valence-corrected chi connectivity index (χ3v) is 3.85. The second-order valence-electron chi connectivity index (χ2n) is 5.09. The lowest BCUT2D eigenvalue weighted by Gasteiger charge is -2.18. The van der Waals surface area contributed by atoms with Crippen molar-refractivity contribution in [3.05, 3.63) is 36.0 Å². The Morgan fingerprint density at radius 1 is 1.31 bits per heavy atom. The van der Waals surface area contributed by atoms with E-state index >= 15 is 0 Å². The molecular formula is C14H18N2. The van der Waals surface area contributed by atoms with Crippen molar-refractivity contribution in [1.29, 1.82) is 0 Å². The lowest BCUT2D eigenvalue weighted by Crippen LogP contribution is -2.18. The number of aryl methyl sites for hydroxylation is 1. The highest BCUT2D eigenvalue weighted by atomic mass is 15.0. The Balaban J connectivity index is 1.59. The van der Waals surface area contributed by atoms with Gasteiger partial charge in [-0.15, -0.1) is 0 Å². The summed E-state index contributed by atoms with van der Waals surface area (Å²) >= 11 is 0. The molecule has 1 heterocycles. The predicted octanol–water partition coefficient (Wildman–Crippen LogP) is 3.01. The summed E-state index contributed by atoms with van der Waals surface area (Å²) in [5.74, 6) is 3.52. The SMILES string of the molecule is Cc1cccc(NCC2CC3C=CC2C3)n1. The fourth-order valence-electron chi connectivity index (χ4n) is 3.01. The first-order valence-corrected chi connectivity index (χ1v) is 6.17. The van der Waals surface area contributed by atoms with Gasteiger partial charge in [-0.3, -0.25) is 0 Å². The molecule has 0 aliphatic heterocycles. The maximum Gasteiger partial charge on any atom is 0.126 e. The van der Waals surface area contributed by atoms with Crippen molar-refractivity contribution in [2.24, 2.45) is 17.8 Å². The molecule has 2 bridgehead atoms. The largest absolute Gasteiger partial charge is 0.370 e. The molecule has 2 aliphatic rings. The van der Waals surface area contributed by atoms with Crippen LogP contribution in [0.3, 0.4) is 0 Å². The molecule has 1 N–H and O–H groups in total. The summed E-state index contributed by atoms with van der Waals surface area (Å²) in [6.07, 6.45) is 7.55. The third-order valence-electron chi connectivity index (χ3n) is 3.85. The molecule has 3 unspecified atom stereocenters. The van der Waals surface area contributed by atoms with Gasteiger partial charge < -0.3 is 5.32 Å².